The zero-order valence-corrected chi connectivity index (χ0v) is 8.03. The van der Waals surface area contributed by atoms with Crippen LogP contribution >= 0.6 is 0 Å². The fourth-order valence-electron chi connectivity index (χ4n) is 2.49. The molecule has 2 fully saturated rings. The Morgan fingerprint density at radius 3 is 1.92 bits per heavy atom. The van der Waals surface area contributed by atoms with Crippen molar-refractivity contribution in [2.45, 2.75) is 44.1 Å². The molecule has 0 atom stereocenters. The normalized spacial score (nSPS) is 30.5. The minimum Gasteiger partial charge on any atom is -0.329 e. The van der Waals surface area contributed by atoms with Gasteiger partial charge in [0.25, 0.3) is 0 Å². The van der Waals surface area contributed by atoms with Crippen molar-refractivity contribution in [1.29, 1.82) is 0 Å². The van der Waals surface area contributed by atoms with Crippen molar-refractivity contribution in [3.05, 3.63) is 0 Å². The van der Waals surface area contributed by atoms with Crippen LogP contribution in [0.25, 0.3) is 0 Å². The average Bonchev–Trinajstić information content (AvgIpc) is 2.88. The van der Waals surface area contributed by atoms with Gasteiger partial charge in [0.05, 0.1) is 0 Å². The molecule has 0 bridgehead atoms. The number of nitrogens with one attached hydrogen (secondary N) is 1. The van der Waals surface area contributed by atoms with E-state index in [0.29, 0.717) is 0 Å². The molecule has 0 heterocycles. The van der Waals surface area contributed by atoms with Gasteiger partial charge < -0.3 is 11.1 Å². The maximum absolute atomic E-state index is 5.80. The second-order valence-corrected chi connectivity index (χ2v) is 4.73. The van der Waals surface area contributed by atoms with E-state index in [1.807, 2.05) is 0 Å². The quantitative estimate of drug-likeness (QED) is 0.651. The van der Waals surface area contributed by atoms with E-state index in [1.165, 1.54) is 38.5 Å². The molecule has 0 saturated heterocycles. The van der Waals surface area contributed by atoms with Crippen LogP contribution in [0.2, 0.25) is 0 Å². The van der Waals surface area contributed by atoms with Crippen LogP contribution in [0.5, 0.6) is 0 Å². The summed E-state index contributed by atoms with van der Waals surface area (Å²) in [5.74, 6) is 0. The fourth-order valence-corrected chi connectivity index (χ4v) is 2.49. The maximum atomic E-state index is 5.80. The summed E-state index contributed by atoms with van der Waals surface area (Å²) in [6, 6.07) is 0. The van der Waals surface area contributed by atoms with Crippen molar-refractivity contribution in [2.75, 3.05) is 13.6 Å². The van der Waals surface area contributed by atoms with Crippen LogP contribution in [0.4, 0.5) is 0 Å². The standard InChI is InChI=1S/C10H20N2/c1-12-10(8-11)6-4-9(2-3-9)5-7-10/h12H,2-8,11H2,1H3. The number of hydrogen-bond donors (Lipinski definition) is 2. The summed E-state index contributed by atoms with van der Waals surface area (Å²) < 4.78 is 0. The molecule has 70 valence electrons. The minimum atomic E-state index is 0.286. The summed E-state index contributed by atoms with van der Waals surface area (Å²) in [7, 11) is 2.05. The third-order valence-corrected chi connectivity index (χ3v) is 4.15. The van der Waals surface area contributed by atoms with Gasteiger partial charge in [-0.1, -0.05) is 0 Å². The van der Waals surface area contributed by atoms with Gasteiger partial charge in [-0.2, -0.15) is 0 Å². The van der Waals surface area contributed by atoms with E-state index in [9.17, 15) is 0 Å². The van der Waals surface area contributed by atoms with Crippen LogP contribution in [0.1, 0.15) is 38.5 Å². The lowest BCUT2D eigenvalue weighted by Gasteiger charge is -2.39. The van der Waals surface area contributed by atoms with E-state index in [4.69, 9.17) is 5.73 Å². The Hall–Kier alpha value is -0.0800. The molecule has 2 nitrogen and oxygen atoms in total. The molecule has 0 amide bonds. The molecule has 0 unspecified atom stereocenters. The summed E-state index contributed by atoms with van der Waals surface area (Å²) in [5.41, 5.74) is 6.87. The maximum Gasteiger partial charge on any atom is 0.0301 e. The van der Waals surface area contributed by atoms with Gasteiger partial charge in [-0.15, -0.1) is 0 Å². The zero-order valence-electron chi connectivity index (χ0n) is 8.03. The van der Waals surface area contributed by atoms with E-state index in [0.717, 1.165) is 12.0 Å². The lowest BCUT2D eigenvalue weighted by atomic mass is 9.75. The van der Waals surface area contributed by atoms with E-state index in [1.54, 1.807) is 0 Å². The lowest BCUT2D eigenvalue weighted by molar-refractivity contribution is 0.192. The van der Waals surface area contributed by atoms with Gasteiger partial charge in [-0.05, 0) is 51.0 Å². The topological polar surface area (TPSA) is 38.0 Å². The van der Waals surface area contributed by atoms with E-state index in [-0.39, 0.29) is 5.54 Å². The summed E-state index contributed by atoms with van der Waals surface area (Å²) in [4.78, 5) is 0. The molecule has 2 aliphatic carbocycles. The van der Waals surface area contributed by atoms with Gasteiger partial charge in [0.1, 0.15) is 0 Å². The molecule has 0 aromatic carbocycles. The highest BCUT2D eigenvalue weighted by Crippen LogP contribution is 2.57. The Morgan fingerprint density at radius 2 is 1.58 bits per heavy atom. The van der Waals surface area contributed by atoms with Crippen molar-refractivity contribution in [3.8, 4) is 0 Å². The van der Waals surface area contributed by atoms with Crippen molar-refractivity contribution < 1.29 is 0 Å². The van der Waals surface area contributed by atoms with Crippen LogP contribution in [-0.4, -0.2) is 19.1 Å². The van der Waals surface area contributed by atoms with Gasteiger partial charge in [0.2, 0.25) is 0 Å². The first-order valence-electron chi connectivity index (χ1n) is 5.13. The van der Waals surface area contributed by atoms with Crippen LogP contribution in [-0.2, 0) is 0 Å². The fraction of sp³-hybridized carbons (Fsp3) is 1.00. The first-order chi connectivity index (χ1) is 5.74. The third-order valence-electron chi connectivity index (χ3n) is 4.15. The smallest absolute Gasteiger partial charge is 0.0301 e. The minimum absolute atomic E-state index is 0.286. The highest BCUT2D eigenvalue weighted by Gasteiger charge is 2.48. The molecular weight excluding hydrogens is 148 g/mol. The van der Waals surface area contributed by atoms with Crippen LogP contribution in [0, 0.1) is 5.41 Å². The molecule has 0 aromatic heterocycles. The molecule has 3 N–H and O–H groups in total. The summed E-state index contributed by atoms with van der Waals surface area (Å²) in [6.07, 6.45) is 8.37. The second-order valence-electron chi connectivity index (χ2n) is 4.73. The van der Waals surface area contributed by atoms with Crippen LogP contribution in [0.3, 0.4) is 0 Å². The number of likely N-dealkylation sites (N-methyl/N-ethyl adjacent to an activating group) is 1. The average molecular weight is 168 g/mol. The molecule has 0 radical (unpaired) electrons. The summed E-state index contributed by atoms with van der Waals surface area (Å²) in [6.45, 7) is 0.805. The zero-order chi connectivity index (χ0) is 8.66. The molecule has 2 saturated carbocycles. The Morgan fingerprint density at radius 1 is 1.08 bits per heavy atom. The first kappa shape index (κ1) is 8.52. The molecule has 12 heavy (non-hydrogen) atoms. The molecule has 1 spiro atoms. The van der Waals surface area contributed by atoms with E-state index < -0.39 is 0 Å². The van der Waals surface area contributed by atoms with Crippen molar-refractivity contribution in [3.63, 3.8) is 0 Å². The number of hydrogen-bond acceptors (Lipinski definition) is 2. The van der Waals surface area contributed by atoms with E-state index in [2.05, 4.69) is 12.4 Å². The molecule has 0 aromatic rings. The molecule has 2 aliphatic rings. The molecule has 2 heteroatoms. The largest absolute Gasteiger partial charge is 0.329 e. The van der Waals surface area contributed by atoms with Gasteiger partial charge in [0, 0.05) is 12.1 Å². The first-order valence-corrected chi connectivity index (χ1v) is 5.13. The van der Waals surface area contributed by atoms with Crippen molar-refractivity contribution in [2.24, 2.45) is 11.1 Å². The van der Waals surface area contributed by atoms with Crippen molar-refractivity contribution >= 4 is 0 Å². The predicted molar refractivity (Wildman–Crippen MR) is 51.0 cm³/mol. The van der Waals surface area contributed by atoms with Crippen LogP contribution in [0.15, 0.2) is 0 Å². The van der Waals surface area contributed by atoms with Gasteiger partial charge in [0.15, 0.2) is 0 Å². The Kier molecular flexibility index (Phi) is 1.92. The summed E-state index contributed by atoms with van der Waals surface area (Å²) >= 11 is 0. The van der Waals surface area contributed by atoms with E-state index >= 15 is 0 Å². The van der Waals surface area contributed by atoms with Gasteiger partial charge in [-0.25, -0.2) is 0 Å². The monoisotopic (exact) mass is 168 g/mol. The Labute approximate surface area is 74.9 Å². The number of rotatable bonds is 2. The molecular formula is C10H20N2. The third kappa shape index (κ3) is 1.27. The predicted octanol–water partition coefficient (Wildman–Crippen LogP) is 1.26. The molecule has 0 aliphatic heterocycles. The van der Waals surface area contributed by atoms with Crippen LogP contribution < -0.4 is 11.1 Å². The SMILES string of the molecule is CNC1(CN)CCC2(CC2)CC1. The highest BCUT2D eigenvalue weighted by molar-refractivity contribution is 5.03. The van der Waals surface area contributed by atoms with Gasteiger partial charge in [-0.3, -0.25) is 0 Å². The molecule has 2 rings (SSSR count). The van der Waals surface area contributed by atoms with Crippen molar-refractivity contribution in [1.82, 2.24) is 5.32 Å². The lowest BCUT2D eigenvalue weighted by Crippen LogP contribution is -2.51. The second kappa shape index (κ2) is 2.71. The highest BCUT2D eigenvalue weighted by atomic mass is 15.0. The summed E-state index contributed by atoms with van der Waals surface area (Å²) in [5, 5.41) is 3.41. The number of nitrogens with two attached hydrogens (primary N) is 1. The van der Waals surface area contributed by atoms with Gasteiger partial charge >= 0.3 is 0 Å². The Balaban J connectivity index is 1.95. The Bertz CT molecular complexity index is 157.